The van der Waals surface area contributed by atoms with Crippen molar-refractivity contribution in [3.63, 3.8) is 0 Å². The standard InChI is InChI=1S/C15H13NO4/c1-4-11-5-6-12-8-13(9(2)16-20-10(3)17)15(18)19-14(12)7-11/h4-8H,1H2,2-3H3/b16-9+. The zero-order chi connectivity index (χ0) is 14.7. The molecule has 0 saturated heterocycles. The van der Waals surface area contributed by atoms with E-state index in [1.165, 1.54) is 6.92 Å². The number of carbonyl (C=O) groups is 1. The van der Waals surface area contributed by atoms with Gasteiger partial charge in [0.25, 0.3) is 0 Å². The van der Waals surface area contributed by atoms with E-state index in [-0.39, 0.29) is 11.3 Å². The van der Waals surface area contributed by atoms with Gasteiger partial charge in [0.05, 0.1) is 11.3 Å². The molecule has 1 heterocycles. The molecular formula is C15H13NO4. The maximum Gasteiger partial charge on any atom is 0.345 e. The van der Waals surface area contributed by atoms with E-state index in [1.807, 2.05) is 12.1 Å². The van der Waals surface area contributed by atoms with Crippen LogP contribution < -0.4 is 5.63 Å². The summed E-state index contributed by atoms with van der Waals surface area (Å²) in [6.07, 6.45) is 1.67. The molecule has 5 nitrogen and oxygen atoms in total. The summed E-state index contributed by atoms with van der Waals surface area (Å²) in [5.41, 5.74) is 1.33. The molecule has 0 saturated carbocycles. The number of hydrogen-bond acceptors (Lipinski definition) is 5. The van der Waals surface area contributed by atoms with Crippen molar-refractivity contribution in [2.75, 3.05) is 0 Å². The molecule has 1 aromatic carbocycles. The van der Waals surface area contributed by atoms with Gasteiger partial charge in [-0.05, 0) is 24.6 Å². The molecule has 0 N–H and O–H groups in total. The lowest BCUT2D eigenvalue weighted by molar-refractivity contribution is -0.140. The number of carbonyl (C=O) groups excluding carboxylic acids is 1. The third-order valence-electron chi connectivity index (χ3n) is 2.70. The normalized spacial score (nSPS) is 11.4. The quantitative estimate of drug-likeness (QED) is 0.372. The van der Waals surface area contributed by atoms with Crippen LogP contribution in [0.15, 0.2) is 45.2 Å². The fourth-order valence-corrected chi connectivity index (χ4v) is 1.69. The first-order valence-corrected chi connectivity index (χ1v) is 5.94. The highest BCUT2D eigenvalue weighted by atomic mass is 16.7. The van der Waals surface area contributed by atoms with Crippen LogP contribution in [-0.4, -0.2) is 11.7 Å². The Labute approximate surface area is 115 Å². The maximum atomic E-state index is 11.9. The van der Waals surface area contributed by atoms with Gasteiger partial charge in [0.1, 0.15) is 5.58 Å². The van der Waals surface area contributed by atoms with Gasteiger partial charge in [-0.25, -0.2) is 9.59 Å². The maximum absolute atomic E-state index is 11.9. The molecule has 20 heavy (non-hydrogen) atoms. The van der Waals surface area contributed by atoms with E-state index >= 15 is 0 Å². The third kappa shape index (κ3) is 2.83. The molecule has 0 atom stereocenters. The summed E-state index contributed by atoms with van der Waals surface area (Å²) in [4.78, 5) is 27.1. The molecule has 0 fully saturated rings. The first-order valence-electron chi connectivity index (χ1n) is 5.94. The molecule has 5 heteroatoms. The number of nitrogens with zero attached hydrogens (tertiary/aromatic N) is 1. The molecule has 0 aliphatic carbocycles. The number of hydrogen-bond donors (Lipinski definition) is 0. The van der Waals surface area contributed by atoms with Crippen LogP contribution in [0.1, 0.15) is 25.0 Å². The molecule has 1 aromatic heterocycles. The van der Waals surface area contributed by atoms with Crippen molar-refractivity contribution in [2.45, 2.75) is 13.8 Å². The zero-order valence-corrected chi connectivity index (χ0v) is 11.2. The number of oxime groups is 1. The Bertz CT molecular complexity index is 771. The molecule has 0 aliphatic rings. The van der Waals surface area contributed by atoms with E-state index < -0.39 is 11.6 Å². The Morgan fingerprint density at radius 2 is 2.10 bits per heavy atom. The van der Waals surface area contributed by atoms with Gasteiger partial charge < -0.3 is 9.25 Å². The summed E-state index contributed by atoms with van der Waals surface area (Å²) in [6, 6.07) is 7.05. The molecule has 2 rings (SSSR count). The van der Waals surface area contributed by atoms with Gasteiger partial charge in [0.2, 0.25) is 0 Å². The summed E-state index contributed by atoms with van der Waals surface area (Å²) >= 11 is 0. The van der Waals surface area contributed by atoms with Gasteiger partial charge in [0, 0.05) is 12.3 Å². The molecule has 0 spiro atoms. The van der Waals surface area contributed by atoms with Gasteiger partial charge in [-0.2, -0.15) is 0 Å². The monoisotopic (exact) mass is 271 g/mol. The highest BCUT2D eigenvalue weighted by Crippen LogP contribution is 2.16. The molecule has 0 unspecified atom stereocenters. The van der Waals surface area contributed by atoms with Crippen LogP contribution in [0.5, 0.6) is 0 Å². The van der Waals surface area contributed by atoms with Crippen LogP contribution in [0.4, 0.5) is 0 Å². The van der Waals surface area contributed by atoms with Gasteiger partial charge in [-0.15, -0.1) is 0 Å². The fraction of sp³-hybridized carbons (Fsp3) is 0.133. The summed E-state index contributed by atoms with van der Waals surface area (Å²) in [5, 5.41) is 4.34. The second-order valence-corrected chi connectivity index (χ2v) is 4.21. The van der Waals surface area contributed by atoms with Crippen molar-refractivity contribution in [1.82, 2.24) is 0 Å². The van der Waals surface area contributed by atoms with Gasteiger partial charge in [-0.1, -0.05) is 29.9 Å². The summed E-state index contributed by atoms with van der Waals surface area (Å²) in [5.74, 6) is -0.551. The molecular weight excluding hydrogens is 258 g/mol. The van der Waals surface area contributed by atoms with Crippen molar-refractivity contribution in [3.8, 4) is 0 Å². The topological polar surface area (TPSA) is 68.9 Å². The van der Waals surface area contributed by atoms with Gasteiger partial charge in [0.15, 0.2) is 0 Å². The van der Waals surface area contributed by atoms with Crippen molar-refractivity contribution in [2.24, 2.45) is 5.16 Å². The largest absolute Gasteiger partial charge is 0.422 e. The SMILES string of the molecule is C=Cc1ccc2cc(/C(C)=N/OC(C)=O)c(=O)oc2c1. The molecule has 0 aliphatic heterocycles. The van der Waals surface area contributed by atoms with Gasteiger partial charge in [-0.3, -0.25) is 0 Å². The minimum absolute atomic E-state index is 0.255. The number of benzene rings is 1. The minimum atomic E-state index is -0.551. The average molecular weight is 271 g/mol. The summed E-state index contributed by atoms with van der Waals surface area (Å²) < 4.78 is 5.24. The molecule has 0 radical (unpaired) electrons. The molecule has 2 aromatic rings. The van der Waals surface area contributed by atoms with E-state index in [0.717, 1.165) is 10.9 Å². The first-order chi connectivity index (χ1) is 9.51. The lowest BCUT2D eigenvalue weighted by atomic mass is 10.1. The van der Waals surface area contributed by atoms with Crippen LogP contribution in [0.25, 0.3) is 17.0 Å². The third-order valence-corrected chi connectivity index (χ3v) is 2.70. The lowest BCUT2D eigenvalue weighted by Crippen LogP contribution is -2.13. The van der Waals surface area contributed by atoms with E-state index in [2.05, 4.69) is 16.6 Å². The van der Waals surface area contributed by atoms with E-state index in [1.54, 1.807) is 25.1 Å². The minimum Gasteiger partial charge on any atom is -0.422 e. The number of fused-ring (bicyclic) bond motifs is 1. The number of rotatable bonds is 3. The lowest BCUT2D eigenvalue weighted by Gasteiger charge is -2.02. The predicted molar refractivity (Wildman–Crippen MR) is 76.6 cm³/mol. The van der Waals surface area contributed by atoms with Crippen LogP contribution in [0.3, 0.4) is 0 Å². The highest BCUT2D eigenvalue weighted by molar-refractivity contribution is 6.00. The molecule has 102 valence electrons. The molecule has 0 amide bonds. The smallest absolute Gasteiger partial charge is 0.345 e. The van der Waals surface area contributed by atoms with Crippen molar-refractivity contribution >= 4 is 28.7 Å². The van der Waals surface area contributed by atoms with E-state index in [9.17, 15) is 9.59 Å². The second kappa shape index (κ2) is 5.52. The summed E-state index contributed by atoms with van der Waals surface area (Å²) in [7, 11) is 0. The van der Waals surface area contributed by atoms with Crippen LogP contribution in [0, 0.1) is 0 Å². The van der Waals surface area contributed by atoms with Crippen molar-refractivity contribution in [3.05, 3.63) is 52.4 Å². The predicted octanol–water partition coefficient (Wildman–Crippen LogP) is 2.72. The van der Waals surface area contributed by atoms with Gasteiger partial charge >= 0.3 is 11.6 Å². The Hall–Kier alpha value is -2.69. The van der Waals surface area contributed by atoms with Crippen LogP contribution in [0.2, 0.25) is 0 Å². The Kier molecular flexibility index (Phi) is 3.79. The van der Waals surface area contributed by atoms with Crippen molar-refractivity contribution in [1.29, 1.82) is 0 Å². The zero-order valence-electron chi connectivity index (χ0n) is 11.2. The second-order valence-electron chi connectivity index (χ2n) is 4.21. The average Bonchev–Trinajstić information content (AvgIpc) is 2.43. The fourth-order valence-electron chi connectivity index (χ4n) is 1.69. The Balaban J connectivity index is 2.53. The van der Waals surface area contributed by atoms with E-state index in [4.69, 9.17) is 4.42 Å². The Morgan fingerprint density at radius 1 is 1.35 bits per heavy atom. The highest BCUT2D eigenvalue weighted by Gasteiger charge is 2.09. The van der Waals surface area contributed by atoms with E-state index in [0.29, 0.717) is 5.58 Å². The Morgan fingerprint density at radius 3 is 2.75 bits per heavy atom. The first kappa shape index (κ1) is 13.7. The van der Waals surface area contributed by atoms with Crippen LogP contribution in [-0.2, 0) is 9.63 Å². The summed E-state index contributed by atoms with van der Waals surface area (Å²) in [6.45, 7) is 6.46. The van der Waals surface area contributed by atoms with Crippen LogP contribution >= 0.6 is 0 Å². The molecule has 0 bridgehead atoms. The van der Waals surface area contributed by atoms with Crippen molar-refractivity contribution < 1.29 is 14.0 Å².